The van der Waals surface area contributed by atoms with Gasteiger partial charge >= 0.3 is 0 Å². The van der Waals surface area contributed by atoms with E-state index >= 15 is 0 Å². The highest BCUT2D eigenvalue weighted by Gasteiger charge is 2.04. The van der Waals surface area contributed by atoms with E-state index in [0.29, 0.717) is 5.92 Å². The number of thiazole rings is 1. The second kappa shape index (κ2) is 5.32. The Bertz CT molecular complexity index is 471. The largest absolute Gasteiger partial charge is 0.365 e. The molecule has 0 aliphatic carbocycles. The van der Waals surface area contributed by atoms with E-state index in [2.05, 4.69) is 53.8 Å². The summed E-state index contributed by atoms with van der Waals surface area (Å²) in [5, 5.41) is 6.11. The third-order valence-electron chi connectivity index (χ3n) is 2.61. The highest BCUT2D eigenvalue weighted by atomic mass is 32.1. The molecule has 0 fully saturated rings. The van der Waals surface area contributed by atoms with E-state index in [1.165, 1.54) is 11.1 Å². The topological polar surface area (TPSA) is 24.9 Å². The lowest BCUT2D eigenvalue weighted by molar-refractivity contribution is 0.647. The van der Waals surface area contributed by atoms with Gasteiger partial charge in [0, 0.05) is 18.0 Å². The van der Waals surface area contributed by atoms with E-state index in [0.717, 1.165) is 17.2 Å². The predicted octanol–water partition coefficient (Wildman–Crippen LogP) is 4.05. The molecule has 0 spiro atoms. The van der Waals surface area contributed by atoms with E-state index < -0.39 is 0 Å². The van der Waals surface area contributed by atoms with Gasteiger partial charge < -0.3 is 5.32 Å². The highest BCUT2D eigenvalue weighted by molar-refractivity contribution is 7.14. The highest BCUT2D eigenvalue weighted by Crippen LogP contribution is 2.25. The molecule has 0 radical (unpaired) electrons. The molecule has 1 aromatic heterocycles. The van der Waals surface area contributed by atoms with Gasteiger partial charge in [-0.3, -0.25) is 0 Å². The second-order valence-electron chi connectivity index (χ2n) is 4.58. The monoisotopic (exact) mass is 246 g/mol. The summed E-state index contributed by atoms with van der Waals surface area (Å²) < 4.78 is 0. The zero-order valence-electron chi connectivity index (χ0n) is 10.5. The van der Waals surface area contributed by atoms with Gasteiger partial charge in [-0.2, -0.15) is 0 Å². The number of hydrogen-bond donors (Lipinski definition) is 1. The molecule has 1 N–H and O–H groups in total. The fourth-order valence-corrected chi connectivity index (χ4v) is 2.49. The normalized spacial score (nSPS) is 10.8. The lowest BCUT2D eigenvalue weighted by atomic mass is 10.0. The summed E-state index contributed by atoms with van der Waals surface area (Å²) in [6.45, 7) is 4.49. The molecule has 0 saturated carbocycles. The fourth-order valence-electron chi connectivity index (χ4n) is 1.80. The summed E-state index contributed by atoms with van der Waals surface area (Å²) in [5.74, 6) is 0.705. The molecule has 90 valence electrons. The molecule has 0 unspecified atom stereocenters. The molecule has 0 aliphatic heterocycles. The van der Waals surface area contributed by atoms with Gasteiger partial charge in [-0.1, -0.05) is 38.1 Å². The van der Waals surface area contributed by atoms with E-state index in [-0.39, 0.29) is 0 Å². The Labute approximate surface area is 107 Å². The zero-order valence-corrected chi connectivity index (χ0v) is 11.3. The first-order valence-electron chi connectivity index (χ1n) is 5.91. The Morgan fingerprint density at radius 2 is 1.94 bits per heavy atom. The van der Waals surface area contributed by atoms with Crippen molar-refractivity contribution in [1.29, 1.82) is 0 Å². The fraction of sp³-hybridized carbons (Fsp3) is 0.357. The molecule has 0 atom stereocenters. The van der Waals surface area contributed by atoms with Gasteiger partial charge in [-0.25, -0.2) is 4.98 Å². The van der Waals surface area contributed by atoms with Crippen LogP contribution < -0.4 is 5.32 Å². The van der Waals surface area contributed by atoms with Crippen molar-refractivity contribution in [3.05, 3.63) is 35.2 Å². The third kappa shape index (κ3) is 3.07. The molecular weight excluding hydrogens is 228 g/mol. The number of anilines is 1. The van der Waals surface area contributed by atoms with Crippen LogP contribution in [0, 0.1) is 5.92 Å². The van der Waals surface area contributed by atoms with Crippen molar-refractivity contribution in [2.75, 3.05) is 12.4 Å². The van der Waals surface area contributed by atoms with Gasteiger partial charge in [0.15, 0.2) is 5.13 Å². The van der Waals surface area contributed by atoms with Crippen molar-refractivity contribution in [1.82, 2.24) is 4.98 Å². The molecule has 0 bridgehead atoms. The van der Waals surface area contributed by atoms with E-state index in [1.54, 1.807) is 11.3 Å². The molecule has 2 nitrogen and oxygen atoms in total. The minimum atomic E-state index is 0.705. The Hall–Kier alpha value is -1.35. The van der Waals surface area contributed by atoms with E-state index in [9.17, 15) is 0 Å². The van der Waals surface area contributed by atoms with Crippen molar-refractivity contribution < 1.29 is 0 Å². The number of nitrogens with one attached hydrogen (secondary N) is 1. The van der Waals surface area contributed by atoms with Crippen LogP contribution in [0.1, 0.15) is 19.4 Å². The summed E-state index contributed by atoms with van der Waals surface area (Å²) in [6, 6.07) is 8.72. The van der Waals surface area contributed by atoms with Crippen molar-refractivity contribution in [2.45, 2.75) is 20.3 Å². The smallest absolute Gasteiger partial charge is 0.182 e. The average molecular weight is 246 g/mol. The first kappa shape index (κ1) is 12.1. The van der Waals surface area contributed by atoms with Crippen LogP contribution in [0.3, 0.4) is 0 Å². The second-order valence-corrected chi connectivity index (χ2v) is 5.44. The Balaban J connectivity index is 2.17. The van der Waals surface area contributed by atoms with Crippen molar-refractivity contribution in [3.63, 3.8) is 0 Å². The molecular formula is C14H18N2S. The lowest BCUT2D eigenvalue weighted by Crippen LogP contribution is -1.93. The summed E-state index contributed by atoms with van der Waals surface area (Å²) in [4.78, 5) is 4.50. The first-order valence-corrected chi connectivity index (χ1v) is 6.79. The maximum Gasteiger partial charge on any atom is 0.182 e. The van der Waals surface area contributed by atoms with Crippen LogP contribution in [0.2, 0.25) is 0 Å². The van der Waals surface area contributed by atoms with Crippen LogP contribution in [0.25, 0.3) is 11.3 Å². The Kier molecular flexibility index (Phi) is 3.79. The Morgan fingerprint density at radius 1 is 1.24 bits per heavy atom. The standard InChI is InChI=1S/C14H18N2S/c1-10(2)8-11-4-6-12(7-5-11)13-9-17-14(15-3)16-13/h4-7,9-10H,8H2,1-3H3,(H,15,16). The molecule has 17 heavy (non-hydrogen) atoms. The van der Waals surface area contributed by atoms with Gasteiger partial charge in [0.2, 0.25) is 0 Å². The van der Waals surface area contributed by atoms with Gasteiger partial charge in [0.1, 0.15) is 0 Å². The Morgan fingerprint density at radius 3 is 2.47 bits per heavy atom. The maximum atomic E-state index is 4.50. The first-order chi connectivity index (χ1) is 8.19. The molecule has 1 heterocycles. The number of rotatable bonds is 4. The van der Waals surface area contributed by atoms with E-state index in [4.69, 9.17) is 0 Å². The van der Waals surface area contributed by atoms with E-state index in [1.807, 2.05) is 7.05 Å². The number of hydrogen-bond acceptors (Lipinski definition) is 3. The minimum absolute atomic E-state index is 0.705. The molecule has 1 aromatic carbocycles. The average Bonchev–Trinajstić information content (AvgIpc) is 2.78. The van der Waals surface area contributed by atoms with Gasteiger partial charge in [-0.15, -0.1) is 11.3 Å². The van der Waals surface area contributed by atoms with Gasteiger partial charge in [0.05, 0.1) is 5.69 Å². The number of benzene rings is 1. The maximum absolute atomic E-state index is 4.50. The van der Waals surface area contributed by atoms with Crippen LogP contribution in [-0.2, 0) is 6.42 Å². The molecule has 0 amide bonds. The summed E-state index contributed by atoms with van der Waals surface area (Å²) >= 11 is 1.64. The molecule has 2 aromatic rings. The SMILES string of the molecule is CNc1nc(-c2ccc(CC(C)C)cc2)cs1. The zero-order chi connectivity index (χ0) is 12.3. The van der Waals surface area contributed by atoms with Crippen molar-refractivity contribution in [2.24, 2.45) is 5.92 Å². The third-order valence-corrected chi connectivity index (χ3v) is 3.47. The minimum Gasteiger partial charge on any atom is -0.365 e. The number of nitrogens with zero attached hydrogens (tertiary/aromatic N) is 1. The summed E-state index contributed by atoms with van der Waals surface area (Å²) in [6.07, 6.45) is 1.14. The quantitative estimate of drug-likeness (QED) is 0.880. The molecule has 0 aliphatic rings. The lowest BCUT2D eigenvalue weighted by Gasteiger charge is -2.05. The number of aromatic nitrogens is 1. The van der Waals surface area contributed by atoms with Crippen LogP contribution >= 0.6 is 11.3 Å². The van der Waals surface area contributed by atoms with Gasteiger partial charge in [-0.05, 0) is 17.9 Å². The molecule has 0 saturated heterocycles. The molecule has 3 heteroatoms. The van der Waals surface area contributed by atoms with Crippen molar-refractivity contribution >= 4 is 16.5 Å². The van der Waals surface area contributed by atoms with Crippen LogP contribution in [0.5, 0.6) is 0 Å². The van der Waals surface area contributed by atoms with Crippen LogP contribution in [0.4, 0.5) is 5.13 Å². The summed E-state index contributed by atoms with van der Waals surface area (Å²) in [7, 11) is 1.90. The predicted molar refractivity (Wildman–Crippen MR) is 75.6 cm³/mol. The van der Waals surface area contributed by atoms with Gasteiger partial charge in [0.25, 0.3) is 0 Å². The summed E-state index contributed by atoms with van der Waals surface area (Å²) in [5.41, 5.74) is 3.64. The van der Waals surface area contributed by atoms with Crippen molar-refractivity contribution in [3.8, 4) is 11.3 Å². The molecule has 2 rings (SSSR count). The van der Waals surface area contributed by atoms with Crippen LogP contribution in [0.15, 0.2) is 29.6 Å². The van der Waals surface area contributed by atoms with Crippen LogP contribution in [-0.4, -0.2) is 12.0 Å².